The minimum absolute atomic E-state index is 0.221. The highest BCUT2D eigenvalue weighted by atomic mass is 14.2. The lowest BCUT2D eigenvalue weighted by molar-refractivity contribution is 0.476. The molecule has 0 saturated carbocycles. The van der Waals surface area contributed by atoms with Gasteiger partial charge in [-0.15, -0.1) is 0 Å². The van der Waals surface area contributed by atoms with Crippen molar-refractivity contribution in [2.75, 3.05) is 0 Å². The summed E-state index contributed by atoms with van der Waals surface area (Å²) in [5.74, 6) is 0. The Bertz CT molecular complexity index is 1040. The van der Waals surface area contributed by atoms with Gasteiger partial charge in [0.15, 0.2) is 0 Å². The molecule has 0 heterocycles. The summed E-state index contributed by atoms with van der Waals surface area (Å²) in [7, 11) is 0. The van der Waals surface area contributed by atoms with Gasteiger partial charge in [0.1, 0.15) is 0 Å². The minimum atomic E-state index is 0.221. The van der Waals surface area contributed by atoms with Gasteiger partial charge in [-0.25, -0.2) is 0 Å². The van der Waals surface area contributed by atoms with Crippen molar-refractivity contribution in [3.8, 4) is 0 Å². The fourth-order valence-corrected chi connectivity index (χ4v) is 4.41. The van der Waals surface area contributed by atoms with E-state index in [4.69, 9.17) is 0 Å². The number of unbranched alkanes of at least 4 members (excludes halogenated alkanes) is 1. The van der Waals surface area contributed by atoms with Crippen LogP contribution in [-0.2, 0) is 19.3 Å². The Labute approximate surface area is 196 Å². The van der Waals surface area contributed by atoms with Gasteiger partial charge in [-0.3, -0.25) is 0 Å². The molecular weight excluding hydrogens is 384 g/mol. The molecule has 0 saturated heterocycles. The molecule has 0 atom stereocenters. The second-order valence-corrected chi connectivity index (χ2v) is 10.5. The van der Waals surface area contributed by atoms with Crippen molar-refractivity contribution in [3.05, 3.63) is 113 Å². The molecule has 0 radical (unpaired) electrons. The number of hydrogen-bond acceptors (Lipinski definition) is 0. The highest BCUT2D eigenvalue weighted by molar-refractivity contribution is 5.82. The van der Waals surface area contributed by atoms with Crippen LogP contribution >= 0.6 is 0 Å². The second-order valence-electron chi connectivity index (χ2n) is 10.5. The van der Waals surface area contributed by atoms with Crippen LogP contribution in [0.2, 0.25) is 0 Å². The molecule has 0 nitrogen and oxygen atoms in total. The predicted molar refractivity (Wildman–Crippen MR) is 142 cm³/mol. The van der Waals surface area contributed by atoms with Gasteiger partial charge >= 0.3 is 0 Å². The molecule has 0 spiro atoms. The topological polar surface area (TPSA) is 0 Å². The van der Waals surface area contributed by atoms with Gasteiger partial charge in [0.05, 0.1) is 0 Å². The van der Waals surface area contributed by atoms with Gasteiger partial charge in [0.2, 0.25) is 0 Å². The fraction of sp³-hybridized carbons (Fsp3) is 0.375. The molecule has 2 aromatic rings. The zero-order valence-electron chi connectivity index (χ0n) is 20.7. The van der Waals surface area contributed by atoms with Crippen molar-refractivity contribution in [2.45, 2.75) is 72.6 Å². The maximum absolute atomic E-state index is 4.44. The summed E-state index contributed by atoms with van der Waals surface area (Å²) in [5.41, 5.74) is 12.3. The first-order valence-corrected chi connectivity index (χ1v) is 12.0. The summed E-state index contributed by atoms with van der Waals surface area (Å²) in [6.45, 7) is 22.0. The van der Waals surface area contributed by atoms with E-state index in [0.29, 0.717) is 0 Å². The van der Waals surface area contributed by atoms with Crippen LogP contribution in [0.1, 0.15) is 74.3 Å². The van der Waals surface area contributed by atoms with Crippen LogP contribution < -0.4 is 0 Å². The molecular formula is C32H40. The van der Waals surface area contributed by atoms with Crippen molar-refractivity contribution < 1.29 is 0 Å². The molecule has 0 amide bonds. The van der Waals surface area contributed by atoms with E-state index in [0.717, 1.165) is 32.1 Å². The lowest BCUT2D eigenvalue weighted by Crippen LogP contribution is -2.08. The number of hydrogen-bond donors (Lipinski definition) is 0. The number of aryl methyl sites for hydroxylation is 1. The smallest absolute Gasteiger partial charge is 0.00203 e. The molecule has 168 valence electrons. The summed E-state index contributed by atoms with van der Waals surface area (Å²) < 4.78 is 0. The van der Waals surface area contributed by atoms with Crippen molar-refractivity contribution in [1.29, 1.82) is 0 Å². The van der Waals surface area contributed by atoms with E-state index in [1.165, 1.54) is 63.0 Å². The normalized spacial score (nSPS) is 13.5. The number of benzene rings is 2. The summed E-state index contributed by atoms with van der Waals surface area (Å²) in [4.78, 5) is 0. The monoisotopic (exact) mass is 424 g/mol. The van der Waals surface area contributed by atoms with Crippen molar-refractivity contribution >= 4 is 5.57 Å². The molecule has 0 unspecified atom stereocenters. The van der Waals surface area contributed by atoms with Gasteiger partial charge in [0, 0.05) is 0 Å². The zero-order chi connectivity index (χ0) is 23.3. The minimum Gasteiger partial charge on any atom is -0.0995 e. The number of allylic oxidation sites excluding steroid dienone is 5. The Hall–Kier alpha value is -2.60. The van der Waals surface area contributed by atoms with Gasteiger partial charge < -0.3 is 0 Å². The van der Waals surface area contributed by atoms with Gasteiger partial charge in [-0.05, 0) is 96.2 Å². The molecule has 0 bridgehead atoms. The summed E-state index contributed by atoms with van der Waals surface area (Å²) in [5, 5.41) is 0. The average molecular weight is 425 g/mol. The van der Waals surface area contributed by atoms with Crippen molar-refractivity contribution in [2.24, 2.45) is 5.41 Å². The third kappa shape index (κ3) is 6.22. The van der Waals surface area contributed by atoms with E-state index in [1.807, 2.05) is 0 Å². The Morgan fingerprint density at radius 3 is 2.41 bits per heavy atom. The van der Waals surface area contributed by atoms with Crippen LogP contribution in [0.4, 0.5) is 0 Å². The SMILES string of the molecule is C=C(CCCCC(=C)C(C)(C)C)Cc1ccc2c(c1)CC=C(Cc1ccccc1C)C2=C. The molecule has 0 heteroatoms. The van der Waals surface area contributed by atoms with E-state index in [-0.39, 0.29) is 5.41 Å². The van der Waals surface area contributed by atoms with Crippen LogP contribution in [0.15, 0.2) is 85.0 Å². The molecule has 2 aromatic carbocycles. The Balaban J connectivity index is 1.55. The molecule has 1 aliphatic rings. The predicted octanol–water partition coefficient (Wildman–Crippen LogP) is 8.99. The maximum Gasteiger partial charge on any atom is -0.00203 e. The van der Waals surface area contributed by atoms with Crippen molar-refractivity contribution in [1.82, 2.24) is 0 Å². The first-order valence-electron chi connectivity index (χ1n) is 12.0. The maximum atomic E-state index is 4.44. The highest BCUT2D eigenvalue weighted by Gasteiger charge is 2.17. The van der Waals surface area contributed by atoms with E-state index in [9.17, 15) is 0 Å². The Morgan fingerprint density at radius 1 is 0.969 bits per heavy atom. The van der Waals surface area contributed by atoms with Gasteiger partial charge in [0.25, 0.3) is 0 Å². The van der Waals surface area contributed by atoms with E-state index >= 15 is 0 Å². The van der Waals surface area contributed by atoms with Crippen LogP contribution in [0.5, 0.6) is 0 Å². The quantitative estimate of drug-likeness (QED) is 0.278. The van der Waals surface area contributed by atoms with Crippen molar-refractivity contribution in [3.63, 3.8) is 0 Å². The lowest BCUT2D eigenvalue weighted by Gasteiger charge is -2.22. The standard InChI is InChI=1S/C32H40/c1-23(12-8-10-14-25(3)32(5,6)7)20-27-16-19-31-26(4)29(17-18-30(31)21-27)22-28-15-11-9-13-24(28)2/h9,11,13,15-17,19,21H,1,3-4,8,10,12,14,18,20,22H2,2,5-7H3. The van der Waals surface area contributed by atoms with Crippen LogP contribution in [0, 0.1) is 12.3 Å². The molecule has 1 aliphatic carbocycles. The third-order valence-corrected chi connectivity index (χ3v) is 6.87. The van der Waals surface area contributed by atoms with Gasteiger partial charge in [-0.2, -0.15) is 0 Å². The molecule has 0 aromatic heterocycles. The molecule has 0 aliphatic heterocycles. The molecule has 0 N–H and O–H groups in total. The first kappa shape index (κ1) is 24.1. The van der Waals surface area contributed by atoms with E-state index in [1.54, 1.807) is 0 Å². The second kappa shape index (κ2) is 10.3. The fourth-order valence-electron chi connectivity index (χ4n) is 4.41. The van der Waals surface area contributed by atoms with Crippen LogP contribution in [-0.4, -0.2) is 0 Å². The lowest BCUT2D eigenvalue weighted by atomic mass is 9.83. The molecule has 0 fully saturated rings. The average Bonchev–Trinajstić information content (AvgIpc) is 2.74. The van der Waals surface area contributed by atoms with Crippen LogP contribution in [0.3, 0.4) is 0 Å². The number of fused-ring (bicyclic) bond motifs is 1. The molecule has 32 heavy (non-hydrogen) atoms. The first-order chi connectivity index (χ1) is 15.1. The summed E-state index contributed by atoms with van der Waals surface area (Å²) in [6, 6.07) is 15.6. The molecule has 3 rings (SSSR count). The van der Waals surface area contributed by atoms with Gasteiger partial charge in [-0.1, -0.05) is 100 Å². The number of rotatable bonds is 9. The zero-order valence-corrected chi connectivity index (χ0v) is 20.7. The largest absolute Gasteiger partial charge is 0.0995 e. The highest BCUT2D eigenvalue weighted by Crippen LogP contribution is 2.34. The Kier molecular flexibility index (Phi) is 7.77. The summed E-state index contributed by atoms with van der Waals surface area (Å²) >= 11 is 0. The van der Waals surface area contributed by atoms with E-state index < -0.39 is 0 Å². The third-order valence-electron chi connectivity index (χ3n) is 6.87. The van der Waals surface area contributed by atoms with Crippen LogP contribution in [0.25, 0.3) is 5.57 Å². The van der Waals surface area contributed by atoms with E-state index in [2.05, 4.69) is 96.0 Å². The Morgan fingerprint density at radius 2 is 1.69 bits per heavy atom. The summed E-state index contributed by atoms with van der Waals surface area (Å²) in [6.07, 6.45) is 9.92.